The Morgan fingerprint density at radius 3 is 2.19 bits per heavy atom. The van der Waals surface area contributed by atoms with Crippen molar-refractivity contribution in [3.05, 3.63) is 64.4 Å². The molecule has 0 spiro atoms. The summed E-state index contributed by atoms with van der Waals surface area (Å²) in [4.78, 5) is 13.5. The predicted octanol–water partition coefficient (Wildman–Crippen LogP) is 4.77. The Hall–Kier alpha value is -3.63. The van der Waals surface area contributed by atoms with Crippen molar-refractivity contribution in [2.24, 2.45) is 4.99 Å². The van der Waals surface area contributed by atoms with Gasteiger partial charge in [0.15, 0.2) is 5.11 Å². The normalized spacial score (nSPS) is 11.0. The van der Waals surface area contributed by atoms with Gasteiger partial charge in [0.25, 0.3) is 0 Å². The van der Waals surface area contributed by atoms with Crippen LogP contribution < -0.4 is 30.2 Å². The fourth-order valence-electron chi connectivity index (χ4n) is 3.31. The molecule has 1 aromatic heterocycles. The largest absolute Gasteiger partial charge is 0.497 e. The van der Waals surface area contributed by atoms with Crippen LogP contribution in [0, 0.1) is 13.8 Å². The summed E-state index contributed by atoms with van der Waals surface area (Å²) in [7, 11) is 4.73. The number of benzene rings is 2. The quantitative estimate of drug-likeness (QED) is 0.217. The van der Waals surface area contributed by atoms with E-state index < -0.39 is 0 Å². The molecule has 0 atom stereocenters. The molecule has 0 saturated carbocycles. The highest BCUT2D eigenvalue weighted by Crippen LogP contribution is 2.35. The molecule has 0 aliphatic rings. The Kier molecular flexibility index (Phi) is 9.66. The van der Waals surface area contributed by atoms with E-state index in [-0.39, 0.29) is 5.11 Å². The fourth-order valence-corrected chi connectivity index (χ4v) is 3.74. The number of nitrogens with zero attached hydrogens (tertiary/aromatic N) is 3. The summed E-state index contributed by atoms with van der Waals surface area (Å²) in [5, 5.41) is 10.0. The Bertz CT molecular complexity index is 1220. The fraction of sp³-hybridized carbons (Fsp3) is 0.280. The molecule has 0 bridgehead atoms. The molecular weight excluding hydrogens is 500 g/mol. The van der Waals surface area contributed by atoms with Gasteiger partial charge >= 0.3 is 0 Å². The van der Waals surface area contributed by atoms with Crippen LogP contribution in [-0.2, 0) is 6.42 Å². The number of aliphatic imine (C=N–C) groups is 1. The number of hydrogen-bond acceptors (Lipinski definition) is 7. The van der Waals surface area contributed by atoms with Crippen LogP contribution in [0.25, 0.3) is 0 Å². The van der Waals surface area contributed by atoms with E-state index in [4.69, 9.17) is 38.0 Å². The van der Waals surface area contributed by atoms with Crippen LogP contribution in [0.1, 0.15) is 17.0 Å². The van der Waals surface area contributed by atoms with Crippen LogP contribution in [0.15, 0.2) is 47.5 Å². The lowest BCUT2D eigenvalue weighted by Crippen LogP contribution is -2.39. The molecule has 0 aliphatic carbocycles. The van der Waals surface area contributed by atoms with Gasteiger partial charge in [-0.2, -0.15) is 0 Å². The molecule has 11 heteroatoms. The molecule has 0 radical (unpaired) electrons. The molecule has 0 unspecified atom stereocenters. The molecule has 190 valence electrons. The van der Waals surface area contributed by atoms with E-state index in [2.05, 4.69) is 30.9 Å². The van der Waals surface area contributed by atoms with Gasteiger partial charge in [-0.3, -0.25) is 10.3 Å². The van der Waals surface area contributed by atoms with Gasteiger partial charge in [0.1, 0.15) is 17.2 Å². The van der Waals surface area contributed by atoms with Gasteiger partial charge < -0.3 is 24.8 Å². The van der Waals surface area contributed by atoms with Crippen molar-refractivity contribution >= 4 is 46.5 Å². The minimum Gasteiger partial charge on any atom is -0.497 e. The second kappa shape index (κ2) is 12.9. The summed E-state index contributed by atoms with van der Waals surface area (Å²) in [6.45, 7) is 4.30. The second-order valence-corrected chi connectivity index (χ2v) is 8.51. The third-order valence-electron chi connectivity index (χ3n) is 5.00. The monoisotopic (exact) mass is 528 g/mol. The average Bonchev–Trinajstić information content (AvgIpc) is 2.84. The van der Waals surface area contributed by atoms with Crippen molar-refractivity contribution in [3.63, 3.8) is 0 Å². The van der Waals surface area contributed by atoms with Crippen molar-refractivity contribution in [3.8, 4) is 17.2 Å². The first-order valence-electron chi connectivity index (χ1n) is 11.1. The zero-order valence-corrected chi connectivity index (χ0v) is 22.4. The van der Waals surface area contributed by atoms with E-state index in [0.29, 0.717) is 47.1 Å². The highest BCUT2D eigenvalue weighted by molar-refractivity contribution is 7.80. The van der Waals surface area contributed by atoms with Crippen molar-refractivity contribution < 1.29 is 14.2 Å². The number of methoxy groups -OCH3 is 3. The molecule has 3 aromatic rings. The topological polar surface area (TPSA) is 102 Å². The summed E-state index contributed by atoms with van der Waals surface area (Å²) < 4.78 is 15.9. The number of anilines is 2. The second-order valence-electron chi connectivity index (χ2n) is 7.69. The van der Waals surface area contributed by atoms with Crippen LogP contribution in [0.3, 0.4) is 0 Å². The van der Waals surface area contributed by atoms with Crippen molar-refractivity contribution in [1.82, 2.24) is 15.3 Å². The average molecular weight is 529 g/mol. The predicted molar refractivity (Wildman–Crippen MR) is 148 cm³/mol. The number of guanidine groups is 1. The van der Waals surface area contributed by atoms with Gasteiger partial charge in [-0.15, -0.1) is 0 Å². The van der Waals surface area contributed by atoms with Gasteiger partial charge in [0.2, 0.25) is 11.9 Å². The number of aryl methyl sites for hydroxylation is 2. The zero-order chi connectivity index (χ0) is 26.1. The van der Waals surface area contributed by atoms with Crippen LogP contribution in [-0.4, -0.2) is 48.9 Å². The minimum absolute atomic E-state index is 0.276. The van der Waals surface area contributed by atoms with E-state index in [1.165, 1.54) is 7.11 Å². The number of thiocarbonyl (C=S) groups is 1. The lowest BCUT2D eigenvalue weighted by molar-refractivity contribution is 0.405. The number of halogens is 1. The summed E-state index contributed by atoms with van der Waals surface area (Å²) in [5.74, 6) is 2.61. The van der Waals surface area contributed by atoms with Crippen molar-refractivity contribution in [1.29, 1.82) is 0 Å². The first-order chi connectivity index (χ1) is 17.3. The molecule has 3 N–H and O–H groups in total. The number of nitrogens with one attached hydrogen (secondary N) is 3. The van der Waals surface area contributed by atoms with Gasteiger partial charge in [0.05, 0.1) is 32.0 Å². The Morgan fingerprint density at radius 2 is 1.58 bits per heavy atom. The van der Waals surface area contributed by atoms with E-state index in [0.717, 1.165) is 22.7 Å². The molecule has 1 heterocycles. The summed E-state index contributed by atoms with van der Waals surface area (Å²) in [5.41, 5.74) is 3.37. The SMILES string of the molecule is COc1ccc(CCN=C(NC(=S)Nc2cc(OC)c(Cl)cc2OC)Nc2nc(C)cc(C)n2)cc1. The maximum atomic E-state index is 6.21. The number of ether oxygens (including phenoxy) is 3. The van der Waals surface area contributed by atoms with Gasteiger partial charge in [0, 0.05) is 30.1 Å². The summed E-state index contributed by atoms with van der Waals surface area (Å²) in [6.07, 6.45) is 0.715. The van der Waals surface area contributed by atoms with Gasteiger partial charge in [-0.25, -0.2) is 9.97 Å². The number of aromatic nitrogens is 2. The standard InChI is InChI=1S/C25H29ClN6O3S/c1-15-12-16(2)29-24(28-15)31-23(27-11-10-17-6-8-18(33-3)9-7-17)32-25(36)30-20-14-21(34-4)19(26)13-22(20)35-5/h6-9,12-14H,10-11H2,1-5H3,(H3,27,28,29,30,31,32,36). The van der Waals surface area contributed by atoms with Crippen molar-refractivity contribution in [2.75, 3.05) is 38.5 Å². The molecule has 2 aromatic carbocycles. The number of hydrogen-bond donors (Lipinski definition) is 3. The van der Waals surface area contributed by atoms with Crippen LogP contribution in [0.4, 0.5) is 11.6 Å². The van der Waals surface area contributed by atoms with Crippen LogP contribution in [0.2, 0.25) is 5.02 Å². The molecule has 0 fully saturated rings. The van der Waals surface area contributed by atoms with Crippen LogP contribution in [0.5, 0.6) is 17.2 Å². The Morgan fingerprint density at radius 1 is 0.917 bits per heavy atom. The Balaban J connectivity index is 1.78. The molecule has 0 aliphatic heterocycles. The lowest BCUT2D eigenvalue weighted by Gasteiger charge is -2.17. The lowest BCUT2D eigenvalue weighted by atomic mass is 10.1. The summed E-state index contributed by atoms with van der Waals surface area (Å²) >= 11 is 11.8. The Labute approximate surface area is 221 Å². The molecule has 0 amide bonds. The van der Waals surface area contributed by atoms with Gasteiger partial charge in [-0.05, 0) is 56.2 Å². The highest BCUT2D eigenvalue weighted by atomic mass is 35.5. The molecule has 0 saturated heterocycles. The maximum Gasteiger partial charge on any atom is 0.229 e. The molecular formula is C25H29ClN6O3S. The molecule has 36 heavy (non-hydrogen) atoms. The highest BCUT2D eigenvalue weighted by Gasteiger charge is 2.13. The summed E-state index contributed by atoms with van der Waals surface area (Å²) in [6, 6.07) is 13.1. The van der Waals surface area contributed by atoms with Crippen LogP contribution >= 0.6 is 23.8 Å². The van der Waals surface area contributed by atoms with Gasteiger partial charge in [-0.1, -0.05) is 23.7 Å². The maximum absolute atomic E-state index is 6.21. The molecule has 9 nitrogen and oxygen atoms in total. The number of rotatable bonds is 8. The van der Waals surface area contributed by atoms with Crippen molar-refractivity contribution in [2.45, 2.75) is 20.3 Å². The first kappa shape index (κ1) is 27.0. The third-order valence-corrected chi connectivity index (χ3v) is 5.50. The van der Waals surface area contributed by atoms with E-state index >= 15 is 0 Å². The molecule has 3 rings (SSSR count). The minimum atomic E-state index is 0.276. The van der Waals surface area contributed by atoms with E-state index in [1.54, 1.807) is 26.4 Å². The smallest absolute Gasteiger partial charge is 0.229 e. The third kappa shape index (κ3) is 7.69. The first-order valence-corrected chi connectivity index (χ1v) is 11.9. The zero-order valence-electron chi connectivity index (χ0n) is 20.8. The van der Waals surface area contributed by atoms with E-state index in [9.17, 15) is 0 Å². The van der Waals surface area contributed by atoms with E-state index in [1.807, 2.05) is 44.2 Å².